The highest BCUT2D eigenvalue weighted by atomic mass is 16.5. The van der Waals surface area contributed by atoms with Crippen molar-refractivity contribution in [2.75, 3.05) is 6.61 Å². The van der Waals surface area contributed by atoms with Crippen LogP contribution in [0.25, 0.3) is 6.08 Å². The summed E-state index contributed by atoms with van der Waals surface area (Å²) in [4.78, 5) is 13.6. The van der Waals surface area contributed by atoms with Crippen LogP contribution in [-0.2, 0) is 9.53 Å². The Morgan fingerprint density at radius 1 is 1.67 bits per heavy atom. The zero-order chi connectivity index (χ0) is 10.7. The second-order valence-corrected chi connectivity index (χ2v) is 3.89. The fourth-order valence-electron chi connectivity index (χ4n) is 1.56. The quantitative estimate of drug-likeness (QED) is 0.723. The van der Waals surface area contributed by atoms with Gasteiger partial charge in [0.05, 0.1) is 12.1 Å². The summed E-state index contributed by atoms with van der Waals surface area (Å²) in [6.45, 7) is 2.50. The highest BCUT2D eigenvalue weighted by Crippen LogP contribution is 2.16. The molecule has 0 saturated carbocycles. The van der Waals surface area contributed by atoms with Crippen LogP contribution in [0.4, 0.5) is 0 Å². The third kappa shape index (κ3) is 2.34. The van der Waals surface area contributed by atoms with Gasteiger partial charge in [0.15, 0.2) is 12.5 Å². The Labute approximate surface area is 88.3 Å². The second kappa shape index (κ2) is 4.00. The molecule has 1 aliphatic heterocycles. The first-order valence-corrected chi connectivity index (χ1v) is 4.89. The molecule has 1 aromatic heterocycles. The number of carbonyl (C=O) groups excluding carboxylic acids is 1. The standard InChI is InChI=1S/C11H14N2O2/c1-11(8-15-10(7-14)13-11)5-4-9-3-2-6-12-9/h2-7,10,12-13H,8H2,1H3. The minimum Gasteiger partial charge on any atom is -0.362 e. The molecule has 2 heterocycles. The number of ether oxygens (including phenoxy) is 1. The topological polar surface area (TPSA) is 54.1 Å². The molecular formula is C11H14N2O2. The maximum absolute atomic E-state index is 10.5. The van der Waals surface area contributed by atoms with Crippen molar-refractivity contribution in [3.63, 3.8) is 0 Å². The Morgan fingerprint density at radius 3 is 3.13 bits per heavy atom. The SMILES string of the molecule is CC1(C=Cc2ccc[nH]2)COC(C=O)N1. The summed E-state index contributed by atoms with van der Waals surface area (Å²) >= 11 is 0. The van der Waals surface area contributed by atoms with Crippen LogP contribution in [0, 0.1) is 0 Å². The van der Waals surface area contributed by atoms with Crippen molar-refractivity contribution in [3.05, 3.63) is 30.1 Å². The van der Waals surface area contributed by atoms with Crippen LogP contribution in [-0.4, -0.2) is 29.6 Å². The monoisotopic (exact) mass is 206 g/mol. The predicted octanol–water partition coefficient (Wildman–Crippen LogP) is 0.931. The molecule has 2 N–H and O–H groups in total. The number of H-pyrrole nitrogens is 1. The molecule has 2 unspecified atom stereocenters. The van der Waals surface area contributed by atoms with Gasteiger partial charge in [0.25, 0.3) is 0 Å². The molecule has 4 nitrogen and oxygen atoms in total. The number of aromatic nitrogens is 1. The van der Waals surface area contributed by atoms with Gasteiger partial charge in [0.1, 0.15) is 0 Å². The lowest BCUT2D eigenvalue weighted by molar-refractivity contribution is -0.116. The fourth-order valence-corrected chi connectivity index (χ4v) is 1.56. The normalized spacial score (nSPS) is 31.1. The molecule has 80 valence electrons. The van der Waals surface area contributed by atoms with Crippen LogP contribution in [0.15, 0.2) is 24.4 Å². The lowest BCUT2D eigenvalue weighted by atomic mass is 10.0. The Hall–Kier alpha value is -1.39. The van der Waals surface area contributed by atoms with Gasteiger partial charge in [0, 0.05) is 11.9 Å². The van der Waals surface area contributed by atoms with Crippen molar-refractivity contribution >= 4 is 12.4 Å². The number of carbonyl (C=O) groups is 1. The van der Waals surface area contributed by atoms with Crippen LogP contribution in [0.3, 0.4) is 0 Å². The number of aromatic amines is 1. The molecule has 4 heteroatoms. The van der Waals surface area contributed by atoms with E-state index in [4.69, 9.17) is 4.74 Å². The van der Waals surface area contributed by atoms with Crippen molar-refractivity contribution in [3.8, 4) is 0 Å². The van der Waals surface area contributed by atoms with Gasteiger partial charge in [-0.2, -0.15) is 0 Å². The van der Waals surface area contributed by atoms with E-state index in [9.17, 15) is 4.79 Å². The Balaban J connectivity index is 2.02. The van der Waals surface area contributed by atoms with Crippen molar-refractivity contribution in [2.45, 2.75) is 18.7 Å². The summed E-state index contributed by atoms with van der Waals surface area (Å²) in [5.41, 5.74) is 0.768. The maximum Gasteiger partial charge on any atom is 0.165 e. The zero-order valence-corrected chi connectivity index (χ0v) is 8.57. The number of hydrogen-bond acceptors (Lipinski definition) is 3. The minimum atomic E-state index is -0.483. The van der Waals surface area contributed by atoms with Crippen molar-refractivity contribution in [1.29, 1.82) is 0 Å². The first-order valence-electron chi connectivity index (χ1n) is 4.89. The van der Waals surface area contributed by atoms with Gasteiger partial charge in [-0.3, -0.25) is 10.1 Å². The molecule has 15 heavy (non-hydrogen) atoms. The lowest BCUT2D eigenvalue weighted by Crippen LogP contribution is -2.40. The predicted molar refractivity (Wildman–Crippen MR) is 57.2 cm³/mol. The minimum absolute atomic E-state index is 0.267. The molecule has 1 aliphatic rings. The van der Waals surface area contributed by atoms with E-state index in [2.05, 4.69) is 10.3 Å². The highest BCUT2D eigenvalue weighted by molar-refractivity contribution is 5.57. The van der Waals surface area contributed by atoms with Gasteiger partial charge >= 0.3 is 0 Å². The third-order valence-electron chi connectivity index (χ3n) is 2.41. The Kier molecular flexibility index (Phi) is 2.70. The summed E-state index contributed by atoms with van der Waals surface area (Å²) < 4.78 is 5.25. The second-order valence-electron chi connectivity index (χ2n) is 3.89. The molecule has 0 spiro atoms. The average molecular weight is 206 g/mol. The largest absolute Gasteiger partial charge is 0.362 e. The number of nitrogens with one attached hydrogen (secondary N) is 2. The molecule has 0 aromatic carbocycles. The Morgan fingerprint density at radius 2 is 2.53 bits per heavy atom. The first kappa shape index (κ1) is 10.1. The van der Waals surface area contributed by atoms with E-state index >= 15 is 0 Å². The van der Waals surface area contributed by atoms with Crippen LogP contribution in [0.1, 0.15) is 12.6 Å². The fraction of sp³-hybridized carbons (Fsp3) is 0.364. The summed E-state index contributed by atoms with van der Waals surface area (Å²) in [5.74, 6) is 0. The van der Waals surface area contributed by atoms with E-state index in [1.54, 1.807) is 0 Å². The van der Waals surface area contributed by atoms with E-state index in [1.165, 1.54) is 0 Å². The molecule has 0 bridgehead atoms. The molecule has 1 fully saturated rings. The number of hydrogen-bond donors (Lipinski definition) is 2. The van der Waals surface area contributed by atoms with Gasteiger partial charge in [-0.05, 0) is 25.1 Å². The van der Waals surface area contributed by atoms with E-state index in [-0.39, 0.29) is 5.54 Å². The summed E-state index contributed by atoms with van der Waals surface area (Å²) in [6, 6.07) is 3.92. The number of aldehydes is 1. The van der Waals surface area contributed by atoms with Gasteiger partial charge in [-0.15, -0.1) is 0 Å². The van der Waals surface area contributed by atoms with E-state index < -0.39 is 6.23 Å². The zero-order valence-electron chi connectivity index (χ0n) is 8.57. The van der Waals surface area contributed by atoms with Crippen LogP contribution < -0.4 is 5.32 Å². The van der Waals surface area contributed by atoms with Crippen LogP contribution in [0.2, 0.25) is 0 Å². The molecular weight excluding hydrogens is 192 g/mol. The van der Waals surface area contributed by atoms with Gasteiger partial charge < -0.3 is 9.72 Å². The first-order chi connectivity index (χ1) is 7.22. The maximum atomic E-state index is 10.5. The smallest absolute Gasteiger partial charge is 0.165 e. The number of rotatable bonds is 3. The van der Waals surface area contributed by atoms with Crippen molar-refractivity contribution < 1.29 is 9.53 Å². The van der Waals surface area contributed by atoms with Crippen LogP contribution in [0.5, 0.6) is 0 Å². The van der Waals surface area contributed by atoms with E-state index in [0.29, 0.717) is 6.61 Å². The molecule has 0 radical (unpaired) electrons. The van der Waals surface area contributed by atoms with Gasteiger partial charge in [0.2, 0.25) is 0 Å². The molecule has 2 atom stereocenters. The lowest BCUT2D eigenvalue weighted by Gasteiger charge is -2.17. The third-order valence-corrected chi connectivity index (χ3v) is 2.41. The highest BCUT2D eigenvalue weighted by Gasteiger charge is 2.32. The van der Waals surface area contributed by atoms with E-state index in [0.717, 1.165) is 12.0 Å². The molecule has 2 rings (SSSR count). The van der Waals surface area contributed by atoms with Crippen molar-refractivity contribution in [1.82, 2.24) is 10.3 Å². The molecule has 1 aromatic rings. The summed E-state index contributed by atoms with van der Waals surface area (Å²) in [5, 5.41) is 3.09. The Bertz CT molecular complexity index is 359. The summed E-state index contributed by atoms with van der Waals surface area (Å²) in [6.07, 6.45) is 6.14. The van der Waals surface area contributed by atoms with Gasteiger partial charge in [-0.25, -0.2) is 0 Å². The summed E-state index contributed by atoms with van der Waals surface area (Å²) in [7, 11) is 0. The molecule has 1 saturated heterocycles. The van der Waals surface area contributed by atoms with Crippen molar-refractivity contribution in [2.24, 2.45) is 0 Å². The molecule has 0 amide bonds. The average Bonchev–Trinajstić information content (AvgIpc) is 2.84. The van der Waals surface area contributed by atoms with E-state index in [1.807, 2.05) is 37.4 Å². The molecule has 0 aliphatic carbocycles. The van der Waals surface area contributed by atoms with Crippen LogP contribution >= 0.6 is 0 Å². The van der Waals surface area contributed by atoms with Gasteiger partial charge in [-0.1, -0.05) is 6.08 Å².